The van der Waals surface area contributed by atoms with Gasteiger partial charge >= 0.3 is 0 Å². The fourth-order valence-corrected chi connectivity index (χ4v) is 1.09. The average Bonchev–Trinajstić information content (AvgIpc) is 2.34. The van der Waals surface area contributed by atoms with E-state index in [1.54, 1.807) is 6.20 Å². The van der Waals surface area contributed by atoms with Crippen LogP contribution >= 0.6 is 0 Å². The van der Waals surface area contributed by atoms with Gasteiger partial charge in [0, 0.05) is 11.8 Å². The Kier molecular flexibility index (Phi) is 10.8. The SMILES string of the molecule is C=C(C)c1cccnc1C(=C)C.CC.CC. The highest BCUT2D eigenvalue weighted by atomic mass is 14.7. The molecule has 0 unspecified atom stereocenters. The molecule has 1 aromatic rings. The van der Waals surface area contributed by atoms with E-state index in [-0.39, 0.29) is 0 Å². The van der Waals surface area contributed by atoms with Crippen LogP contribution in [0.15, 0.2) is 31.5 Å². The molecule has 0 fully saturated rings. The minimum absolute atomic E-state index is 0.949. The van der Waals surface area contributed by atoms with Crippen LogP contribution in [-0.4, -0.2) is 4.98 Å². The van der Waals surface area contributed by atoms with E-state index in [0.29, 0.717) is 0 Å². The molecule has 1 rings (SSSR count). The summed E-state index contributed by atoms with van der Waals surface area (Å²) in [5.74, 6) is 0. The number of hydrogen-bond acceptors (Lipinski definition) is 1. The molecule has 0 amide bonds. The Balaban J connectivity index is 0. The molecule has 1 heteroatoms. The smallest absolute Gasteiger partial charge is 0.0727 e. The lowest BCUT2D eigenvalue weighted by Gasteiger charge is -2.06. The van der Waals surface area contributed by atoms with Gasteiger partial charge < -0.3 is 0 Å². The molecule has 1 aromatic heterocycles. The van der Waals surface area contributed by atoms with E-state index < -0.39 is 0 Å². The summed E-state index contributed by atoms with van der Waals surface area (Å²) in [5, 5.41) is 0. The molecule has 0 aliphatic heterocycles. The van der Waals surface area contributed by atoms with Crippen molar-refractivity contribution < 1.29 is 0 Å². The van der Waals surface area contributed by atoms with E-state index in [1.165, 1.54) is 0 Å². The molecule has 1 nitrogen and oxygen atoms in total. The van der Waals surface area contributed by atoms with Crippen LogP contribution in [-0.2, 0) is 0 Å². The molecule has 0 atom stereocenters. The molecule has 0 N–H and O–H groups in total. The largest absolute Gasteiger partial charge is 0.256 e. The minimum atomic E-state index is 0.949. The van der Waals surface area contributed by atoms with Gasteiger partial charge in [-0.2, -0.15) is 0 Å². The summed E-state index contributed by atoms with van der Waals surface area (Å²) in [6.07, 6.45) is 1.77. The summed E-state index contributed by atoms with van der Waals surface area (Å²) in [7, 11) is 0. The molecule has 0 spiro atoms. The van der Waals surface area contributed by atoms with E-state index in [1.807, 2.05) is 53.7 Å². The first-order chi connectivity index (χ1) is 7.63. The maximum Gasteiger partial charge on any atom is 0.0727 e. The van der Waals surface area contributed by atoms with Gasteiger partial charge in [0.05, 0.1) is 5.69 Å². The van der Waals surface area contributed by atoms with Crippen molar-refractivity contribution in [3.05, 3.63) is 42.7 Å². The Bertz CT molecular complexity index is 291. The van der Waals surface area contributed by atoms with Crippen LogP contribution in [0.25, 0.3) is 11.1 Å². The average molecular weight is 219 g/mol. The standard InChI is InChI=1S/C11H13N.2C2H6/c1-8(2)10-6-5-7-12-11(10)9(3)4;2*1-2/h5-7H,1,3H2,2,4H3;2*1-2H3. The number of pyridine rings is 1. The Morgan fingerprint density at radius 3 is 1.81 bits per heavy atom. The van der Waals surface area contributed by atoms with Crippen LogP contribution in [0.1, 0.15) is 52.8 Å². The first kappa shape index (κ1) is 17.0. The van der Waals surface area contributed by atoms with Crippen molar-refractivity contribution in [1.82, 2.24) is 4.98 Å². The summed E-state index contributed by atoms with van der Waals surface area (Å²) < 4.78 is 0. The van der Waals surface area contributed by atoms with Gasteiger partial charge in [-0.25, -0.2) is 0 Å². The van der Waals surface area contributed by atoms with E-state index in [0.717, 1.165) is 22.4 Å². The number of aromatic nitrogens is 1. The predicted molar refractivity (Wildman–Crippen MR) is 76.3 cm³/mol. The molecule has 0 aliphatic rings. The second-order valence-electron chi connectivity index (χ2n) is 2.96. The lowest BCUT2D eigenvalue weighted by Crippen LogP contribution is -1.91. The summed E-state index contributed by atoms with van der Waals surface area (Å²) in [5.41, 5.74) is 4.05. The van der Waals surface area contributed by atoms with Crippen molar-refractivity contribution in [1.29, 1.82) is 0 Å². The summed E-state index contributed by atoms with van der Waals surface area (Å²) in [4.78, 5) is 4.24. The molecular weight excluding hydrogens is 194 g/mol. The zero-order valence-corrected chi connectivity index (χ0v) is 11.6. The van der Waals surface area contributed by atoms with E-state index >= 15 is 0 Å². The van der Waals surface area contributed by atoms with E-state index in [9.17, 15) is 0 Å². The lowest BCUT2D eigenvalue weighted by atomic mass is 10.0. The van der Waals surface area contributed by atoms with Gasteiger partial charge in [-0.1, -0.05) is 46.9 Å². The second-order valence-corrected chi connectivity index (χ2v) is 2.96. The van der Waals surface area contributed by atoms with Crippen molar-refractivity contribution in [2.45, 2.75) is 41.5 Å². The first-order valence-electron chi connectivity index (χ1n) is 5.89. The molecule has 0 aromatic carbocycles. The quantitative estimate of drug-likeness (QED) is 0.666. The van der Waals surface area contributed by atoms with Gasteiger partial charge in [0.15, 0.2) is 0 Å². The van der Waals surface area contributed by atoms with Gasteiger partial charge in [-0.3, -0.25) is 4.98 Å². The minimum Gasteiger partial charge on any atom is -0.256 e. The van der Waals surface area contributed by atoms with Crippen LogP contribution in [0.3, 0.4) is 0 Å². The van der Waals surface area contributed by atoms with Gasteiger partial charge in [-0.15, -0.1) is 0 Å². The number of rotatable bonds is 2. The van der Waals surface area contributed by atoms with Crippen LogP contribution in [0.4, 0.5) is 0 Å². The lowest BCUT2D eigenvalue weighted by molar-refractivity contribution is 1.25. The Labute approximate surface area is 101 Å². The van der Waals surface area contributed by atoms with E-state index in [4.69, 9.17) is 0 Å². The molecule has 90 valence electrons. The van der Waals surface area contributed by atoms with Gasteiger partial charge in [0.1, 0.15) is 0 Å². The van der Waals surface area contributed by atoms with Crippen molar-refractivity contribution >= 4 is 11.1 Å². The van der Waals surface area contributed by atoms with Crippen LogP contribution in [0.2, 0.25) is 0 Å². The third-order valence-corrected chi connectivity index (χ3v) is 1.67. The van der Waals surface area contributed by atoms with E-state index in [2.05, 4.69) is 18.1 Å². The maximum absolute atomic E-state index is 4.24. The topological polar surface area (TPSA) is 12.9 Å². The first-order valence-corrected chi connectivity index (χ1v) is 5.89. The van der Waals surface area contributed by atoms with Crippen molar-refractivity contribution in [2.75, 3.05) is 0 Å². The Morgan fingerprint density at radius 1 is 1.00 bits per heavy atom. The summed E-state index contributed by atoms with van der Waals surface area (Å²) in [6, 6.07) is 3.93. The molecule has 1 heterocycles. The molecule has 0 saturated heterocycles. The Morgan fingerprint density at radius 2 is 1.50 bits per heavy atom. The van der Waals surface area contributed by atoms with Crippen LogP contribution in [0.5, 0.6) is 0 Å². The molecule has 16 heavy (non-hydrogen) atoms. The fraction of sp³-hybridized carbons (Fsp3) is 0.400. The normalized spacial score (nSPS) is 7.88. The molecule has 0 bridgehead atoms. The summed E-state index contributed by atoms with van der Waals surface area (Å²) in [6.45, 7) is 19.7. The zero-order valence-electron chi connectivity index (χ0n) is 11.6. The number of hydrogen-bond donors (Lipinski definition) is 0. The van der Waals surface area contributed by atoms with Crippen LogP contribution < -0.4 is 0 Å². The van der Waals surface area contributed by atoms with Crippen molar-refractivity contribution in [2.24, 2.45) is 0 Å². The maximum atomic E-state index is 4.24. The Hall–Kier alpha value is -1.37. The number of allylic oxidation sites excluding steroid dienone is 2. The highest BCUT2D eigenvalue weighted by Gasteiger charge is 2.02. The molecule has 0 saturated carbocycles. The third kappa shape index (κ3) is 5.50. The van der Waals surface area contributed by atoms with Gasteiger partial charge in [0.25, 0.3) is 0 Å². The molecule has 0 aliphatic carbocycles. The molecular formula is C15H25N. The van der Waals surface area contributed by atoms with Crippen LogP contribution in [0, 0.1) is 0 Å². The highest BCUT2D eigenvalue weighted by molar-refractivity contribution is 5.73. The van der Waals surface area contributed by atoms with Crippen molar-refractivity contribution in [3.63, 3.8) is 0 Å². The van der Waals surface area contributed by atoms with Crippen molar-refractivity contribution in [3.8, 4) is 0 Å². The predicted octanol–water partition coefficient (Wildman–Crippen LogP) is 5.20. The summed E-state index contributed by atoms with van der Waals surface area (Å²) >= 11 is 0. The van der Waals surface area contributed by atoms with Gasteiger partial charge in [0.2, 0.25) is 0 Å². The third-order valence-electron chi connectivity index (χ3n) is 1.67. The van der Waals surface area contributed by atoms with Gasteiger partial charge in [-0.05, 0) is 31.1 Å². The highest BCUT2D eigenvalue weighted by Crippen LogP contribution is 2.19. The second kappa shape index (κ2) is 10.2. The zero-order chi connectivity index (χ0) is 13.1. The molecule has 0 radical (unpaired) electrons. The monoisotopic (exact) mass is 219 g/mol. The number of nitrogens with zero attached hydrogens (tertiary/aromatic N) is 1. The fourth-order valence-electron chi connectivity index (χ4n) is 1.09.